The highest BCUT2D eigenvalue weighted by molar-refractivity contribution is 9.09. The van der Waals surface area contributed by atoms with Gasteiger partial charge in [0.2, 0.25) is 0 Å². The number of halogens is 1. The summed E-state index contributed by atoms with van der Waals surface area (Å²) in [5, 5.41) is 10.5. The number of alkyl halides is 1. The molecule has 0 N–H and O–H groups in total. The van der Waals surface area contributed by atoms with Gasteiger partial charge in [0.1, 0.15) is 0 Å². The molecule has 0 fully saturated rings. The fraction of sp³-hybridized carbons (Fsp3) is 0.500. The van der Waals surface area contributed by atoms with Crippen LogP contribution in [0.15, 0.2) is 29.2 Å². The average Bonchev–Trinajstić information content (AvgIpc) is 2.38. The molecule has 0 heterocycles. The zero-order chi connectivity index (χ0) is 15.2. The van der Waals surface area contributed by atoms with Crippen molar-refractivity contribution in [3.05, 3.63) is 34.4 Å². The Morgan fingerprint density at radius 2 is 1.90 bits per heavy atom. The number of benzene rings is 1. The number of nitro benzene ring substituents is 1. The topological polar surface area (TPSA) is 86.5 Å². The molecule has 6 nitrogen and oxygen atoms in total. The van der Waals surface area contributed by atoms with Crippen LogP contribution in [-0.4, -0.2) is 24.8 Å². The van der Waals surface area contributed by atoms with Crippen molar-refractivity contribution in [1.82, 2.24) is 0 Å². The summed E-state index contributed by atoms with van der Waals surface area (Å²) in [6.45, 7) is 2.13. The van der Waals surface area contributed by atoms with E-state index >= 15 is 0 Å². The van der Waals surface area contributed by atoms with E-state index in [4.69, 9.17) is 4.18 Å². The maximum absolute atomic E-state index is 11.8. The first-order chi connectivity index (χ1) is 9.33. The molecule has 0 saturated carbocycles. The summed E-state index contributed by atoms with van der Waals surface area (Å²) < 4.78 is 28.5. The second kappa shape index (κ2) is 7.70. The average molecular weight is 366 g/mol. The van der Waals surface area contributed by atoms with Crippen molar-refractivity contribution in [2.75, 3.05) is 6.61 Å². The van der Waals surface area contributed by atoms with Crippen LogP contribution in [0.3, 0.4) is 0 Å². The molecule has 112 valence electrons. The van der Waals surface area contributed by atoms with Crippen LogP contribution < -0.4 is 0 Å². The van der Waals surface area contributed by atoms with Gasteiger partial charge in [-0.2, -0.15) is 8.42 Å². The molecule has 1 unspecified atom stereocenters. The van der Waals surface area contributed by atoms with Gasteiger partial charge in [-0.3, -0.25) is 14.3 Å². The van der Waals surface area contributed by atoms with E-state index in [2.05, 4.69) is 15.9 Å². The number of unbranched alkanes of at least 4 members (excludes halogenated alkanes) is 1. The summed E-state index contributed by atoms with van der Waals surface area (Å²) in [5.41, 5.74) is -0.157. The van der Waals surface area contributed by atoms with Crippen molar-refractivity contribution >= 4 is 31.7 Å². The minimum atomic E-state index is -3.84. The Balaban J connectivity index is 2.54. The van der Waals surface area contributed by atoms with Crippen molar-refractivity contribution in [2.45, 2.75) is 35.9 Å². The van der Waals surface area contributed by atoms with Crippen LogP contribution in [0.4, 0.5) is 5.69 Å². The zero-order valence-electron chi connectivity index (χ0n) is 11.0. The lowest BCUT2D eigenvalue weighted by Crippen LogP contribution is -2.08. The monoisotopic (exact) mass is 365 g/mol. The molecule has 1 aromatic rings. The number of non-ortho nitro benzene ring substituents is 1. The van der Waals surface area contributed by atoms with E-state index in [1.165, 1.54) is 12.1 Å². The lowest BCUT2D eigenvalue weighted by Gasteiger charge is -2.06. The van der Waals surface area contributed by atoms with Gasteiger partial charge in [0, 0.05) is 17.0 Å². The van der Waals surface area contributed by atoms with Gasteiger partial charge in [-0.05, 0) is 25.0 Å². The number of rotatable bonds is 8. The quantitative estimate of drug-likeness (QED) is 0.232. The van der Waals surface area contributed by atoms with Crippen LogP contribution in [0, 0.1) is 10.1 Å². The van der Waals surface area contributed by atoms with Crippen molar-refractivity contribution in [3.8, 4) is 0 Å². The van der Waals surface area contributed by atoms with Gasteiger partial charge >= 0.3 is 0 Å². The fourth-order valence-electron chi connectivity index (χ4n) is 1.50. The van der Waals surface area contributed by atoms with Gasteiger partial charge in [0.15, 0.2) is 0 Å². The SMILES string of the molecule is CC(Br)CCCCOS(=O)(=O)c1ccc([N+](=O)[O-])cc1. The number of nitro groups is 1. The number of nitrogens with zero attached hydrogens (tertiary/aromatic N) is 1. The first-order valence-corrected chi connectivity index (χ1v) is 8.43. The normalized spacial score (nSPS) is 13.1. The van der Waals surface area contributed by atoms with Gasteiger partial charge in [0.05, 0.1) is 16.4 Å². The number of hydrogen-bond donors (Lipinski definition) is 0. The standard InChI is InChI=1S/C12H16BrNO5S/c1-10(13)4-2-3-9-19-20(17,18)12-7-5-11(6-8-12)14(15)16/h5-8,10H,2-4,9H2,1H3. The molecular formula is C12H16BrNO5S. The molecule has 0 aliphatic heterocycles. The first kappa shape index (κ1) is 17.1. The highest BCUT2D eigenvalue weighted by atomic mass is 79.9. The van der Waals surface area contributed by atoms with Gasteiger partial charge in [-0.15, -0.1) is 0 Å². The predicted octanol–water partition coefficient (Wildman–Crippen LogP) is 3.25. The molecule has 0 aliphatic carbocycles. The number of hydrogen-bond acceptors (Lipinski definition) is 5. The molecule has 0 bridgehead atoms. The smallest absolute Gasteiger partial charge is 0.266 e. The zero-order valence-corrected chi connectivity index (χ0v) is 13.4. The summed E-state index contributed by atoms with van der Waals surface area (Å²) in [7, 11) is -3.84. The maximum Gasteiger partial charge on any atom is 0.296 e. The summed E-state index contributed by atoms with van der Waals surface area (Å²) >= 11 is 3.41. The summed E-state index contributed by atoms with van der Waals surface area (Å²) in [5.74, 6) is 0. The Morgan fingerprint density at radius 1 is 1.30 bits per heavy atom. The van der Waals surface area contributed by atoms with Gasteiger partial charge < -0.3 is 0 Å². The van der Waals surface area contributed by atoms with E-state index in [9.17, 15) is 18.5 Å². The van der Waals surface area contributed by atoms with E-state index in [1.807, 2.05) is 6.92 Å². The van der Waals surface area contributed by atoms with Crippen LogP contribution in [0.5, 0.6) is 0 Å². The van der Waals surface area contributed by atoms with Crippen LogP contribution in [0.25, 0.3) is 0 Å². The van der Waals surface area contributed by atoms with Crippen LogP contribution >= 0.6 is 15.9 Å². The molecule has 1 atom stereocenters. The highest BCUT2D eigenvalue weighted by Gasteiger charge is 2.16. The minimum Gasteiger partial charge on any atom is -0.266 e. The molecule has 0 spiro atoms. The van der Waals surface area contributed by atoms with Crippen molar-refractivity contribution < 1.29 is 17.5 Å². The molecule has 1 rings (SSSR count). The lowest BCUT2D eigenvalue weighted by atomic mass is 10.2. The molecule has 1 aromatic carbocycles. The third-order valence-corrected chi connectivity index (χ3v) is 4.36. The van der Waals surface area contributed by atoms with Crippen LogP contribution in [0.2, 0.25) is 0 Å². The van der Waals surface area contributed by atoms with E-state index in [0.717, 1.165) is 25.0 Å². The third-order valence-electron chi connectivity index (χ3n) is 2.57. The van der Waals surface area contributed by atoms with Gasteiger partial charge in [-0.1, -0.05) is 29.3 Å². The van der Waals surface area contributed by atoms with Gasteiger partial charge in [-0.25, -0.2) is 0 Å². The molecular weight excluding hydrogens is 350 g/mol. The fourth-order valence-corrected chi connectivity index (χ4v) is 2.77. The highest BCUT2D eigenvalue weighted by Crippen LogP contribution is 2.18. The molecule has 0 aromatic heterocycles. The Labute approximate surface area is 126 Å². The van der Waals surface area contributed by atoms with Crippen LogP contribution in [-0.2, 0) is 14.3 Å². The largest absolute Gasteiger partial charge is 0.296 e. The second-order valence-electron chi connectivity index (χ2n) is 4.30. The van der Waals surface area contributed by atoms with E-state index in [1.54, 1.807) is 0 Å². The van der Waals surface area contributed by atoms with Gasteiger partial charge in [0.25, 0.3) is 15.8 Å². The third kappa shape index (κ3) is 5.56. The maximum atomic E-state index is 11.8. The van der Waals surface area contributed by atoms with E-state index in [0.29, 0.717) is 11.2 Å². The minimum absolute atomic E-state index is 0.0723. The van der Waals surface area contributed by atoms with Crippen molar-refractivity contribution in [3.63, 3.8) is 0 Å². The molecule has 0 saturated heterocycles. The lowest BCUT2D eigenvalue weighted by molar-refractivity contribution is -0.384. The molecule has 20 heavy (non-hydrogen) atoms. The second-order valence-corrected chi connectivity index (χ2v) is 7.48. The Bertz CT molecular complexity index is 541. The van der Waals surface area contributed by atoms with Crippen molar-refractivity contribution in [1.29, 1.82) is 0 Å². The summed E-state index contributed by atoms with van der Waals surface area (Å²) in [4.78, 5) is 10.2. The first-order valence-electron chi connectivity index (χ1n) is 6.11. The predicted molar refractivity (Wildman–Crippen MR) is 78.5 cm³/mol. The molecule has 0 aliphatic rings. The molecule has 8 heteroatoms. The van der Waals surface area contributed by atoms with Crippen LogP contribution in [0.1, 0.15) is 26.2 Å². The summed E-state index contributed by atoms with van der Waals surface area (Å²) in [6.07, 6.45) is 2.45. The molecule has 0 radical (unpaired) electrons. The molecule has 0 amide bonds. The van der Waals surface area contributed by atoms with E-state index in [-0.39, 0.29) is 17.2 Å². The van der Waals surface area contributed by atoms with Crippen molar-refractivity contribution in [2.24, 2.45) is 0 Å². The summed E-state index contributed by atoms with van der Waals surface area (Å²) in [6, 6.07) is 4.63. The van der Waals surface area contributed by atoms with E-state index < -0.39 is 15.0 Å². The Hall–Kier alpha value is -0.990. The Kier molecular flexibility index (Phi) is 6.57. The Morgan fingerprint density at radius 3 is 2.40 bits per heavy atom.